The van der Waals surface area contributed by atoms with Crippen LogP contribution in [0.25, 0.3) is 0 Å². The van der Waals surface area contributed by atoms with Gasteiger partial charge in [0.25, 0.3) is 5.91 Å². The van der Waals surface area contributed by atoms with Crippen molar-refractivity contribution in [3.8, 4) is 0 Å². The zero-order chi connectivity index (χ0) is 21.6. The first kappa shape index (κ1) is 20.6. The number of rotatable bonds is 4. The van der Waals surface area contributed by atoms with Crippen molar-refractivity contribution in [2.45, 2.75) is 59.2 Å². The summed E-state index contributed by atoms with van der Waals surface area (Å²) in [6.45, 7) is 10.0. The molecule has 4 unspecified atom stereocenters. The maximum Gasteiger partial charge on any atom is 0.257 e. The van der Waals surface area contributed by atoms with Crippen LogP contribution in [0, 0.1) is 25.7 Å². The fourth-order valence-corrected chi connectivity index (χ4v) is 4.39. The molecule has 4 atom stereocenters. The molecule has 1 aromatic heterocycles. The van der Waals surface area contributed by atoms with E-state index in [4.69, 9.17) is 0 Å². The zero-order valence-electron chi connectivity index (χ0n) is 18.1. The van der Waals surface area contributed by atoms with E-state index in [0.717, 1.165) is 17.0 Å². The molecule has 0 aliphatic carbocycles. The van der Waals surface area contributed by atoms with E-state index in [-0.39, 0.29) is 29.6 Å². The summed E-state index contributed by atoms with van der Waals surface area (Å²) in [7, 11) is 0. The topological polar surface area (TPSA) is 87.2 Å². The molecular weight excluding hydrogens is 378 g/mol. The van der Waals surface area contributed by atoms with Gasteiger partial charge in [-0.2, -0.15) is 0 Å². The van der Waals surface area contributed by atoms with Gasteiger partial charge in [0, 0.05) is 23.3 Å². The van der Waals surface area contributed by atoms with E-state index >= 15 is 0 Å². The summed E-state index contributed by atoms with van der Waals surface area (Å²) in [5, 5.41) is 4.74. The van der Waals surface area contributed by atoms with E-state index in [1.165, 1.54) is 10.6 Å². The number of hydrazine groups is 1. The standard InChI is InChI=1S/C23H29N5O2/c1-12(2)17-8-6-16(7-9-17)11-18-15(5)26-21-19(20(18)29)22(30)28(27-21)23-24-13(3)10-14(4)25-23/h6-10,12,15,18-19,21,26-27H,11H2,1-5H3. The summed E-state index contributed by atoms with van der Waals surface area (Å²) >= 11 is 0. The molecule has 4 rings (SSSR count). The molecule has 158 valence electrons. The highest BCUT2D eigenvalue weighted by atomic mass is 16.2. The van der Waals surface area contributed by atoms with Gasteiger partial charge in [-0.25, -0.2) is 20.4 Å². The van der Waals surface area contributed by atoms with Crippen LogP contribution in [-0.4, -0.2) is 33.9 Å². The lowest BCUT2D eigenvalue weighted by Gasteiger charge is -2.35. The van der Waals surface area contributed by atoms with Crippen LogP contribution in [0.1, 0.15) is 49.2 Å². The van der Waals surface area contributed by atoms with Crippen molar-refractivity contribution < 1.29 is 9.59 Å². The lowest BCUT2D eigenvalue weighted by atomic mass is 9.78. The quantitative estimate of drug-likeness (QED) is 0.757. The van der Waals surface area contributed by atoms with E-state index in [1.54, 1.807) is 0 Å². The minimum atomic E-state index is -0.773. The molecule has 2 fully saturated rings. The molecule has 0 radical (unpaired) electrons. The van der Waals surface area contributed by atoms with Crippen molar-refractivity contribution in [2.24, 2.45) is 11.8 Å². The van der Waals surface area contributed by atoms with Gasteiger partial charge >= 0.3 is 0 Å². The fourth-order valence-electron chi connectivity index (χ4n) is 4.39. The fraction of sp³-hybridized carbons (Fsp3) is 0.478. The van der Waals surface area contributed by atoms with E-state index in [1.807, 2.05) is 26.8 Å². The number of carbonyl (C=O) groups is 2. The second kappa shape index (κ2) is 7.89. The largest absolute Gasteiger partial charge is 0.298 e. The van der Waals surface area contributed by atoms with Crippen LogP contribution in [0.3, 0.4) is 0 Å². The van der Waals surface area contributed by atoms with Gasteiger partial charge in [0.15, 0.2) is 5.78 Å². The van der Waals surface area contributed by atoms with Gasteiger partial charge in [-0.15, -0.1) is 0 Å². The second-order valence-corrected chi connectivity index (χ2v) is 8.77. The lowest BCUT2D eigenvalue weighted by Crippen LogP contribution is -2.59. The van der Waals surface area contributed by atoms with Crippen LogP contribution in [0.4, 0.5) is 5.95 Å². The van der Waals surface area contributed by atoms with Gasteiger partial charge in [0.2, 0.25) is 5.95 Å². The first-order valence-corrected chi connectivity index (χ1v) is 10.6. The molecule has 2 N–H and O–H groups in total. The first-order chi connectivity index (χ1) is 14.2. The summed E-state index contributed by atoms with van der Waals surface area (Å²) in [5.74, 6) is -0.599. The summed E-state index contributed by atoms with van der Waals surface area (Å²) in [4.78, 5) is 35.2. The van der Waals surface area contributed by atoms with Crippen molar-refractivity contribution in [3.63, 3.8) is 0 Å². The van der Waals surface area contributed by atoms with Crippen LogP contribution in [0.2, 0.25) is 0 Å². The second-order valence-electron chi connectivity index (χ2n) is 8.77. The third-order valence-electron chi connectivity index (χ3n) is 6.08. The first-order valence-electron chi connectivity index (χ1n) is 10.6. The Morgan fingerprint density at radius 3 is 2.30 bits per heavy atom. The number of nitrogens with one attached hydrogen (secondary N) is 2. The number of aryl methyl sites for hydroxylation is 2. The number of hydrogen-bond donors (Lipinski definition) is 2. The molecule has 0 spiro atoms. The Hall–Kier alpha value is -2.64. The number of fused-ring (bicyclic) bond motifs is 1. The number of Topliss-reactive ketones (excluding diaryl/α,β-unsaturated/α-hetero) is 1. The number of hydrogen-bond acceptors (Lipinski definition) is 6. The van der Waals surface area contributed by atoms with Gasteiger partial charge in [-0.1, -0.05) is 38.1 Å². The third kappa shape index (κ3) is 3.75. The average molecular weight is 408 g/mol. The molecule has 2 saturated heterocycles. The van der Waals surface area contributed by atoms with Crippen molar-refractivity contribution in [2.75, 3.05) is 5.01 Å². The number of carbonyl (C=O) groups excluding carboxylic acids is 2. The van der Waals surface area contributed by atoms with Gasteiger partial charge in [0.05, 0.1) is 6.17 Å². The highest BCUT2D eigenvalue weighted by Gasteiger charge is 2.52. The molecule has 7 heteroatoms. The lowest BCUT2D eigenvalue weighted by molar-refractivity contribution is -0.136. The maximum absolute atomic E-state index is 13.3. The van der Waals surface area contributed by atoms with Gasteiger partial charge in [-0.3, -0.25) is 14.9 Å². The molecular formula is C23H29N5O2. The van der Waals surface area contributed by atoms with Gasteiger partial charge in [-0.05, 0) is 50.3 Å². The van der Waals surface area contributed by atoms with E-state index in [0.29, 0.717) is 12.3 Å². The Kier molecular flexibility index (Phi) is 5.42. The predicted molar refractivity (Wildman–Crippen MR) is 115 cm³/mol. The monoisotopic (exact) mass is 407 g/mol. The van der Waals surface area contributed by atoms with Crippen molar-refractivity contribution in [3.05, 3.63) is 52.8 Å². The molecule has 7 nitrogen and oxygen atoms in total. The number of anilines is 1. The van der Waals surface area contributed by atoms with Crippen LogP contribution in [0.5, 0.6) is 0 Å². The van der Waals surface area contributed by atoms with E-state index < -0.39 is 12.1 Å². The minimum Gasteiger partial charge on any atom is -0.298 e. The molecule has 30 heavy (non-hydrogen) atoms. The summed E-state index contributed by atoms with van der Waals surface area (Å²) in [6, 6.07) is 10.2. The van der Waals surface area contributed by atoms with Gasteiger partial charge in [0.1, 0.15) is 5.92 Å². The zero-order valence-corrected chi connectivity index (χ0v) is 18.1. The number of benzene rings is 1. The van der Waals surface area contributed by atoms with Crippen LogP contribution < -0.4 is 15.8 Å². The predicted octanol–water partition coefficient (Wildman–Crippen LogP) is 2.43. The summed E-state index contributed by atoms with van der Waals surface area (Å²) in [6.07, 6.45) is 0.172. The minimum absolute atomic E-state index is 0.0245. The highest BCUT2D eigenvalue weighted by molar-refractivity contribution is 6.11. The maximum atomic E-state index is 13.3. The Morgan fingerprint density at radius 2 is 1.70 bits per heavy atom. The van der Waals surface area contributed by atoms with E-state index in [9.17, 15) is 9.59 Å². The molecule has 2 aliphatic rings. The van der Waals surface area contributed by atoms with Gasteiger partial charge < -0.3 is 0 Å². The van der Waals surface area contributed by atoms with E-state index in [2.05, 4.69) is 58.8 Å². The number of ketones is 1. The van der Waals surface area contributed by atoms with Crippen LogP contribution >= 0.6 is 0 Å². The number of piperidine rings is 1. The third-order valence-corrected chi connectivity index (χ3v) is 6.08. The normalized spacial score (nSPS) is 26.4. The highest BCUT2D eigenvalue weighted by Crippen LogP contribution is 2.30. The summed E-state index contributed by atoms with van der Waals surface area (Å²) in [5.41, 5.74) is 7.04. The van der Waals surface area contributed by atoms with Crippen LogP contribution in [0.15, 0.2) is 30.3 Å². The molecule has 1 aromatic carbocycles. The van der Waals surface area contributed by atoms with Crippen LogP contribution in [-0.2, 0) is 16.0 Å². The summed E-state index contributed by atoms with van der Waals surface area (Å²) < 4.78 is 0. The Balaban J connectivity index is 1.54. The average Bonchev–Trinajstić information content (AvgIpc) is 3.01. The Labute approximate surface area is 177 Å². The smallest absolute Gasteiger partial charge is 0.257 e. The van der Waals surface area contributed by atoms with Crippen molar-refractivity contribution in [1.29, 1.82) is 0 Å². The number of aromatic nitrogens is 2. The molecule has 0 bridgehead atoms. The molecule has 0 saturated carbocycles. The molecule has 2 aliphatic heterocycles. The van der Waals surface area contributed by atoms with Crippen molar-refractivity contribution in [1.82, 2.24) is 20.7 Å². The number of amides is 1. The van der Waals surface area contributed by atoms with Crippen molar-refractivity contribution >= 4 is 17.6 Å². The Bertz CT molecular complexity index is 952. The SMILES string of the molecule is Cc1cc(C)nc(N2NC3NC(C)C(Cc4ccc(C(C)C)cc4)C(=O)C3C2=O)n1. The molecule has 1 amide bonds. The molecule has 3 heterocycles. The Morgan fingerprint density at radius 1 is 1.07 bits per heavy atom. The molecule has 2 aromatic rings. The number of nitrogens with zero attached hydrogens (tertiary/aromatic N) is 3.